The van der Waals surface area contributed by atoms with Crippen LogP contribution in [0.5, 0.6) is 0 Å². The normalized spacial score (nSPS) is 15.1. The first-order valence-corrected chi connectivity index (χ1v) is 47.7. The van der Waals surface area contributed by atoms with E-state index in [1.807, 2.05) is 52.3 Å². The highest BCUT2D eigenvalue weighted by atomic mass is 32.1. The first-order chi connectivity index (χ1) is 65.5. The second-order valence-corrected chi connectivity index (χ2v) is 38.5. The molecule has 6 aromatic heterocycles. The van der Waals surface area contributed by atoms with Gasteiger partial charge in [0.15, 0.2) is 5.82 Å². The summed E-state index contributed by atoms with van der Waals surface area (Å²) >= 11 is 5.84. The molecule has 0 bridgehead atoms. The Morgan fingerprint density at radius 1 is 0.189 bits per heavy atom. The second kappa shape index (κ2) is 29.0. The summed E-state index contributed by atoms with van der Waals surface area (Å²) in [6, 6.07) is 162. The first kappa shape index (κ1) is 75.0. The predicted molar refractivity (Wildman–Crippen MR) is 551 cm³/mol. The number of pyridine rings is 2. The van der Waals surface area contributed by atoms with Gasteiger partial charge in [-0.1, -0.05) is 388 Å². The van der Waals surface area contributed by atoms with Crippen molar-refractivity contribution in [2.24, 2.45) is 0 Å². The highest BCUT2D eigenvalue weighted by Gasteiger charge is 2.58. The molecule has 18 aromatic carbocycles. The van der Waals surface area contributed by atoms with Gasteiger partial charge in [0.1, 0.15) is 0 Å². The lowest BCUT2D eigenvalue weighted by Gasteiger charge is -2.31. The minimum Gasteiger partial charge on any atom is -0.248 e. The Kier molecular flexibility index (Phi) is 16.5. The molecule has 0 radical (unpaired) electrons. The summed E-state index contributed by atoms with van der Waals surface area (Å²) < 4.78 is 4.02. The zero-order valence-corrected chi connectivity index (χ0v) is 73.7. The second-order valence-electron chi connectivity index (χ2n) is 35.4. The minimum atomic E-state index is -0.442. The Morgan fingerprint density at radius 2 is 0.530 bits per heavy atom. The van der Waals surface area contributed by atoms with Gasteiger partial charge in [-0.25, -0.2) is 19.9 Å². The molecule has 3 spiro atoms. The lowest BCUT2D eigenvalue weighted by Crippen LogP contribution is -2.25. The van der Waals surface area contributed by atoms with E-state index in [9.17, 15) is 0 Å². The van der Waals surface area contributed by atoms with Crippen molar-refractivity contribution in [2.75, 3.05) is 0 Å². The zero-order chi connectivity index (χ0) is 86.5. The van der Waals surface area contributed by atoms with Gasteiger partial charge in [0.05, 0.1) is 44.2 Å². The molecule has 132 heavy (non-hydrogen) atoms. The fourth-order valence-corrected chi connectivity index (χ4v) is 28.0. The van der Waals surface area contributed by atoms with Crippen molar-refractivity contribution in [1.29, 1.82) is 0 Å². The molecule has 6 aliphatic carbocycles. The fraction of sp³-hybridized carbons (Fsp3) is 0.0240. The summed E-state index contributed by atoms with van der Waals surface area (Å²) in [6.07, 6.45) is 1.93. The molecule has 0 saturated carbocycles. The van der Waals surface area contributed by atoms with Crippen molar-refractivity contribution >= 4 is 97.0 Å². The molecule has 6 heterocycles. The van der Waals surface area contributed by atoms with Gasteiger partial charge in [-0.3, -0.25) is 0 Å². The van der Waals surface area contributed by atoms with Crippen LogP contribution in [-0.2, 0) is 16.2 Å². The molecule has 2 unspecified atom stereocenters. The third kappa shape index (κ3) is 10.5. The van der Waals surface area contributed by atoms with Gasteiger partial charge in [-0.15, -0.1) is 34.0 Å². The molecule has 30 rings (SSSR count). The summed E-state index contributed by atoms with van der Waals surface area (Å²) in [4.78, 5) is 24.8. The summed E-state index contributed by atoms with van der Waals surface area (Å²) in [5, 5.41) is 7.41. The zero-order valence-electron chi connectivity index (χ0n) is 71.2. The van der Waals surface area contributed by atoms with Crippen molar-refractivity contribution < 1.29 is 0 Å². The number of thiophene rings is 3. The van der Waals surface area contributed by atoms with Crippen LogP contribution < -0.4 is 0 Å². The van der Waals surface area contributed by atoms with Gasteiger partial charge in [0.25, 0.3) is 0 Å². The Bertz CT molecular complexity index is 8960. The molecule has 6 aliphatic rings. The van der Waals surface area contributed by atoms with Crippen molar-refractivity contribution in [2.45, 2.75) is 16.2 Å². The maximum atomic E-state index is 5.45. The van der Waals surface area contributed by atoms with Gasteiger partial charge < -0.3 is 0 Å². The van der Waals surface area contributed by atoms with E-state index in [2.05, 4.69) is 431 Å². The number of nitrogens with zero attached hydrogens (tertiary/aromatic N) is 4. The molecule has 612 valence electrons. The Labute approximate surface area is 774 Å². The van der Waals surface area contributed by atoms with Crippen molar-refractivity contribution in [3.8, 4) is 134 Å². The van der Waals surface area contributed by atoms with Crippen molar-refractivity contribution in [1.82, 2.24) is 19.9 Å². The standard InChI is InChI=1S/C48H29NS.C42H25NS.C35H20N2S/c1-2-13-30(14-3-1)31-25-27-32(28-26-31)39-29-43(49-42-23-10-6-17-35(39)42)36-19-12-20-38-45-37-18-7-11-24-44(37)50-47(45)48(46(36)38)40-21-8-4-15-33(40)34-16-5-9-22-41(34)48;1-2-13-26(14-3-1)32-25-37(43-36-23-10-6-15-27(32)36)30-19-12-22-35-39(30)28-16-4-8-20-33(28)42(35)34-21-9-5-17-29(34)40-31-18-7-11-24-38(31)44-41(40)42;1-7-15-30-22(9-1)20-36-34(37-30)21-17-18-24-23-10-2-5-13-27(23)35(29(24)19-21)28-14-6-3-11-25(28)32-26-12-4-8-16-31(26)38-33(32)35/h1-29H;1-25H;1-20H. The largest absolute Gasteiger partial charge is 0.248 e. The summed E-state index contributed by atoms with van der Waals surface area (Å²) in [6.45, 7) is 0. The number of hydrogen-bond acceptors (Lipinski definition) is 7. The summed E-state index contributed by atoms with van der Waals surface area (Å²) in [7, 11) is 0. The maximum absolute atomic E-state index is 5.45. The average molecular weight is 1730 g/mol. The van der Waals surface area contributed by atoms with Crippen LogP contribution in [0.1, 0.15) is 64.7 Å². The van der Waals surface area contributed by atoms with E-state index < -0.39 is 5.41 Å². The lowest BCUT2D eigenvalue weighted by molar-refractivity contribution is 0.812. The van der Waals surface area contributed by atoms with E-state index in [4.69, 9.17) is 19.9 Å². The SMILES string of the molecule is c1ccc(-c2cc(-c3cccc4c3-c3ccccc3C43c4ccccc4-c4c3sc3ccccc43)nc3ccccc23)cc1.c1ccc(-c2ccc(-c3cc(-c4cccc5c4C4(c6ccccc6-c6ccccc64)c4sc6ccccc6c4-5)nc4ccccc34)cc2)cc1.c1ccc2c(c1)-c1ccc(-c3ncc4ccccc4n3)cc1C21c2ccccc2-c2c1sc1ccccc21. The third-order valence-electron chi connectivity index (χ3n) is 28.9. The number of rotatable bonds is 6. The van der Waals surface area contributed by atoms with Gasteiger partial charge in [0, 0.05) is 101 Å². The number of aromatic nitrogens is 4. The lowest BCUT2D eigenvalue weighted by atomic mass is 9.71. The molecule has 0 amide bonds. The molecule has 0 aliphatic heterocycles. The van der Waals surface area contributed by atoms with E-state index in [0.29, 0.717) is 0 Å². The molecule has 2 atom stereocenters. The fourth-order valence-electron chi connectivity index (χ4n) is 23.6. The van der Waals surface area contributed by atoms with Crippen LogP contribution in [0, 0.1) is 0 Å². The average Bonchev–Trinajstić information content (AvgIpc) is 1.50. The van der Waals surface area contributed by atoms with E-state index in [0.717, 1.165) is 50.1 Å². The van der Waals surface area contributed by atoms with Crippen LogP contribution in [0.25, 0.3) is 197 Å². The topological polar surface area (TPSA) is 51.6 Å². The van der Waals surface area contributed by atoms with E-state index in [1.165, 1.54) is 212 Å². The van der Waals surface area contributed by atoms with E-state index >= 15 is 0 Å². The predicted octanol–water partition coefficient (Wildman–Crippen LogP) is 32.8. The molecule has 0 fully saturated rings. The van der Waals surface area contributed by atoms with Crippen LogP contribution in [-0.4, -0.2) is 19.9 Å². The molecule has 7 heteroatoms. The van der Waals surface area contributed by atoms with Crippen LogP contribution in [0.15, 0.2) is 449 Å². The molecule has 4 nitrogen and oxygen atoms in total. The smallest absolute Gasteiger partial charge is 0.159 e. The van der Waals surface area contributed by atoms with Crippen LogP contribution >= 0.6 is 34.0 Å². The Morgan fingerprint density at radius 3 is 1.08 bits per heavy atom. The molecule has 0 N–H and O–H groups in total. The summed E-state index contributed by atoms with van der Waals surface area (Å²) in [5.74, 6) is 0.764. The first-order valence-electron chi connectivity index (χ1n) is 45.3. The highest BCUT2D eigenvalue weighted by Crippen LogP contribution is 2.71. The number of para-hydroxylation sites is 3. The van der Waals surface area contributed by atoms with Gasteiger partial charge >= 0.3 is 0 Å². The van der Waals surface area contributed by atoms with Crippen molar-refractivity contribution in [3.63, 3.8) is 0 Å². The Balaban J connectivity index is 0.0000001000. The molecular formula is C125H74N4S3. The number of benzene rings is 18. The number of fused-ring (bicyclic) bond motifs is 39. The van der Waals surface area contributed by atoms with Crippen molar-refractivity contribution in [3.05, 3.63) is 514 Å². The molecular weight excluding hydrogens is 1650 g/mol. The minimum absolute atomic E-state index is 0.353. The van der Waals surface area contributed by atoms with Gasteiger partial charge in [-0.05, 0) is 188 Å². The van der Waals surface area contributed by atoms with Crippen LogP contribution in [0.2, 0.25) is 0 Å². The third-order valence-corrected chi connectivity index (χ3v) is 32.8. The van der Waals surface area contributed by atoms with Gasteiger partial charge in [0.2, 0.25) is 0 Å². The van der Waals surface area contributed by atoms with E-state index in [1.54, 1.807) is 0 Å². The Hall–Kier alpha value is -16.0. The van der Waals surface area contributed by atoms with Gasteiger partial charge in [-0.2, -0.15) is 0 Å². The quantitative estimate of drug-likeness (QED) is 0.166. The summed E-state index contributed by atoms with van der Waals surface area (Å²) in [5.41, 5.74) is 42.7. The molecule has 0 saturated heterocycles. The highest BCUT2D eigenvalue weighted by molar-refractivity contribution is 7.21. The van der Waals surface area contributed by atoms with E-state index in [-0.39, 0.29) is 10.8 Å². The van der Waals surface area contributed by atoms with Crippen LogP contribution in [0.3, 0.4) is 0 Å². The molecule has 24 aromatic rings. The maximum Gasteiger partial charge on any atom is 0.159 e. The monoisotopic (exact) mass is 1730 g/mol. The van der Waals surface area contributed by atoms with Crippen LogP contribution in [0.4, 0.5) is 0 Å². The number of hydrogen-bond donors (Lipinski definition) is 0.